The van der Waals surface area contributed by atoms with Gasteiger partial charge in [0.05, 0.1) is 35.5 Å². The molecule has 1 N–H and O–H groups in total. The summed E-state index contributed by atoms with van der Waals surface area (Å²) in [6.07, 6.45) is -1.21. The minimum Gasteiger partial charge on any atom is -0.377 e. The monoisotopic (exact) mass is 324 g/mol. The number of morpholine rings is 1. The van der Waals surface area contributed by atoms with E-state index in [0.29, 0.717) is 24.3 Å². The third-order valence-electron chi connectivity index (χ3n) is 3.45. The topological polar surface area (TPSA) is 82.3 Å². The molecule has 0 aromatic carbocycles. The zero-order valence-corrected chi connectivity index (χ0v) is 12.9. The molecule has 0 bridgehead atoms. The summed E-state index contributed by atoms with van der Waals surface area (Å²) >= 11 is 7.44. The first-order valence-corrected chi connectivity index (χ1v) is 7.74. The van der Waals surface area contributed by atoms with Gasteiger partial charge in [0.2, 0.25) is 5.28 Å². The van der Waals surface area contributed by atoms with E-state index in [1.165, 1.54) is 11.3 Å². The number of aliphatic hydroxyl groups excluding tert-OH is 1. The quantitative estimate of drug-likeness (QED) is 0.673. The number of aliphatic hydroxyl groups is 1. The third-order valence-corrected chi connectivity index (χ3v) is 4.61. The molecule has 3 rings (SSSR count). The Morgan fingerprint density at radius 1 is 1.62 bits per heavy atom. The molecule has 0 aliphatic carbocycles. The van der Waals surface area contributed by atoms with Gasteiger partial charge in [0.15, 0.2) is 11.9 Å². The van der Waals surface area contributed by atoms with Gasteiger partial charge in [-0.05, 0) is 18.5 Å². The maximum atomic E-state index is 9.77. The van der Waals surface area contributed by atoms with Crippen molar-refractivity contribution < 1.29 is 9.84 Å². The Balaban J connectivity index is 2.15. The average Bonchev–Trinajstić information content (AvgIpc) is 2.90. The number of ether oxygens (including phenoxy) is 1. The molecule has 0 spiro atoms. The van der Waals surface area contributed by atoms with Crippen LogP contribution in [-0.2, 0) is 4.74 Å². The van der Waals surface area contributed by atoms with Crippen LogP contribution in [0.5, 0.6) is 0 Å². The molecule has 6 nitrogen and oxygen atoms in total. The molecular weight excluding hydrogens is 312 g/mol. The molecule has 1 aliphatic rings. The molecule has 2 atom stereocenters. The number of fused-ring (bicyclic) bond motifs is 1. The smallest absolute Gasteiger partial charge is 0.224 e. The third kappa shape index (κ3) is 2.56. The van der Waals surface area contributed by atoms with Crippen molar-refractivity contribution in [1.29, 1.82) is 5.26 Å². The zero-order chi connectivity index (χ0) is 15.0. The predicted octanol–water partition coefficient (Wildman–Crippen LogP) is 2.13. The largest absolute Gasteiger partial charge is 0.377 e. The lowest BCUT2D eigenvalue weighted by molar-refractivity contribution is 0.0987. The highest BCUT2D eigenvalue weighted by Gasteiger charge is 2.25. The minimum atomic E-state index is -1.21. The number of halogens is 1. The summed E-state index contributed by atoms with van der Waals surface area (Å²) in [7, 11) is 0. The van der Waals surface area contributed by atoms with Gasteiger partial charge in [-0.25, -0.2) is 4.98 Å². The molecule has 0 radical (unpaired) electrons. The number of aromatic nitrogens is 2. The van der Waals surface area contributed by atoms with Crippen LogP contribution in [0.15, 0.2) is 5.38 Å². The van der Waals surface area contributed by atoms with E-state index in [9.17, 15) is 5.11 Å². The van der Waals surface area contributed by atoms with Crippen molar-refractivity contribution in [2.24, 2.45) is 0 Å². The summed E-state index contributed by atoms with van der Waals surface area (Å²) in [5, 5.41) is 20.5. The highest BCUT2D eigenvalue weighted by molar-refractivity contribution is 7.18. The van der Waals surface area contributed by atoms with Crippen molar-refractivity contribution in [2.45, 2.75) is 19.1 Å². The van der Waals surface area contributed by atoms with Crippen molar-refractivity contribution in [3.63, 3.8) is 0 Å². The van der Waals surface area contributed by atoms with E-state index in [-0.39, 0.29) is 11.3 Å². The molecule has 1 unspecified atom stereocenters. The summed E-state index contributed by atoms with van der Waals surface area (Å²) in [6, 6.07) is 1.99. The van der Waals surface area contributed by atoms with Crippen molar-refractivity contribution in [1.82, 2.24) is 9.97 Å². The molecule has 3 heterocycles. The number of hydrogen-bond acceptors (Lipinski definition) is 7. The molecule has 1 aliphatic heterocycles. The lowest BCUT2D eigenvalue weighted by atomic mass is 10.2. The lowest BCUT2D eigenvalue weighted by Gasteiger charge is -2.34. The summed E-state index contributed by atoms with van der Waals surface area (Å²) in [6.45, 7) is 4.03. The molecule has 0 amide bonds. The molecule has 2 aromatic rings. The Morgan fingerprint density at radius 2 is 2.43 bits per heavy atom. The Hall–Kier alpha value is -1.46. The first-order valence-electron chi connectivity index (χ1n) is 6.48. The van der Waals surface area contributed by atoms with Crippen molar-refractivity contribution in [3.8, 4) is 6.07 Å². The minimum absolute atomic E-state index is 0.112. The number of anilines is 1. The van der Waals surface area contributed by atoms with Crippen molar-refractivity contribution in [3.05, 3.63) is 16.2 Å². The molecule has 21 heavy (non-hydrogen) atoms. The number of nitrogens with zero attached hydrogens (tertiary/aromatic N) is 4. The van der Waals surface area contributed by atoms with Crippen molar-refractivity contribution >= 4 is 39.0 Å². The van der Waals surface area contributed by atoms with E-state index in [4.69, 9.17) is 21.6 Å². The van der Waals surface area contributed by atoms with Crippen LogP contribution >= 0.6 is 22.9 Å². The Kier molecular flexibility index (Phi) is 3.95. The van der Waals surface area contributed by atoms with Crippen LogP contribution in [0, 0.1) is 11.3 Å². The molecule has 1 fully saturated rings. The van der Waals surface area contributed by atoms with E-state index in [1.807, 2.05) is 6.07 Å². The molecular formula is C13H13ClN4O2S. The maximum Gasteiger partial charge on any atom is 0.224 e. The predicted molar refractivity (Wildman–Crippen MR) is 80.6 cm³/mol. The van der Waals surface area contributed by atoms with E-state index in [0.717, 1.165) is 17.1 Å². The van der Waals surface area contributed by atoms with Gasteiger partial charge in [0, 0.05) is 17.5 Å². The lowest BCUT2D eigenvalue weighted by Crippen LogP contribution is -2.44. The van der Waals surface area contributed by atoms with Crippen LogP contribution in [0.3, 0.4) is 0 Å². The Morgan fingerprint density at radius 3 is 3.14 bits per heavy atom. The summed E-state index contributed by atoms with van der Waals surface area (Å²) in [5.41, 5.74) is 1.02. The van der Waals surface area contributed by atoms with Gasteiger partial charge in [-0.2, -0.15) is 10.2 Å². The van der Waals surface area contributed by atoms with Gasteiger partial charge < -0.3 is 14.7 Å². The second-order valence-corrected chi connectivity index (χ2v) is 6.05. The normalized spacial score (nSPS) is 20.5. The SMILES string of the molecule is C[C@@H]1COCCN1c1nc(Cl)nc2c(C(O)C#N)csc12. The maximum absolute atomic E-state index is 9.77. The van der Waals surface area contributed by atoms with Crippen LogP contribution in [0.25, 0.3) is 10.2 Å². The fourth-order valence-electron chi connectivity index (χ4n) is 2.39. The summed E-state index contributed by atoms with van der Waals surface area (Å²) < 4.78 is 6.27. The van der Waals surface area contributed by atoms with Gasteiger partial charge in [-0.15, -0.1) is 11.3 Å². The van der Waals surface area contributed by atoms with Crippen LogP contribution in [0.4, 0.5) is 5.82 Å². The molecule has 1 saturated heterocycles. The fourth-order valence-corrected chi connectivity index (χ4v) is 3.59. The fraction of sp³-hybridized carbons (Fsp3) is 0.462. The first kappa shape index (κ1) is 14.5. The summed E-state index contributed by atoms with van der Waals surface area (Å²) in [4.78, 5) is 10.6. The standard InChI is InChI=1S/C13H13ClN4O2S/c1-7-5-20-3-2-18(7)12-11-10(16-13(14)17-12)8(6-21-11)9(19)4-15/h6-7,9,19H,2-3,5H2,1H3/t7-,9?/m1/s1. The molecule has 2 aromatic heterocycles. The van der Waals surface area contributed by atoms with Gasteiger partial charge >= 0.3 is 0 Å². The van der Waals surface area contributed by atoms with Crippen LogP contribution < -0.4 is 4.90 Å². The van der Waals surface area contributed by atoms with E-state index in [2.05, 4.69) is 21.8 Å². The highest BCUT2D eigenvalue weighted by atomic mass is 35.5. The van der Waals surface area contributed by atoms with Gasteiger partial charge in [-0.3, -0.25) is 0 Å². The van der Waals surface area contributed by atoms with Crippen molar-refractivity contribution in [2.75, 3.05) is 24.7 Å². The van der Waals surface area contributed by atoms with E-state index >= 15 is 0 Å². The second kappa shape index (κ2) is 5.73. The van der Waals surface area contributed by atoms with Crippen LogP contribution in [0.2, 0.25) is 5.28 Å². The summed E-state index contributed by atoms with van der Waals surface area (Å²) in [5.74, 6) is 0.738. The number of rotatable bonds is 2. The number of thiophene rings is 1. The number of nitriles is 1. The Bertz CT molecular complexity index is 714. The average molecular weight is 325 g/mol. The van der Waals surface area contributed by atoms with Crippen LogP contribution in [-0.4, -0.2) is 40.9 Å². The Labute approximate surface area is 130 Å². The van der Waals surface area contributed by atoms with Crippen LogP contribution in [0.1, 0.15) is 18.6 Å². The molecule has 110 valence electrons. The van der Waals surface area contributed by atoms with E-state index < -0.39 is 6.10 Å². The van der Waals surface area contributed by atoms with Gasteiger partial charge in [0.1, 0.15) is 0 Å². The first-order chi connectivity index (χ1) is 10.1. The number of hydrogen-bond donors (Lipinski definition) is 1. The highest BCUT2D eigenvalue weighted by Crippen LogP contribution is 2.36. The molecule has 8 heteroatoms. The molecule has 0 saturated carbocycles. The zero-order valence-electron chi connectivity index (χ0n) is 11.3. The second-order valence-electron chi connectivity index (χ2n) is 4.83. The van der Waals surface area contributed by atoms with E-state index in [1.54, 1.807) is 5.38 Å². The van der Waals surface area contributed by atoms with Gasteiger partial charge in [0.25, 0.3) is 0 Å². The van der Waals surface area contributed by atoms with Gasteiger partial charge in [-0.1, -0.05) is 0 Å².